The Labute approximate surface area is 334 Å². The van der Waals surface area contributed by atoms with Gasteiger partial charge < -0.3 is 33.7 Å². The van der Waals surface area contributed by atoms with Crippen LogP contribution in [0, 0.1) is 0 Å². The molecule has 13 nitrogen and oxygen atoms in total. The van der Waals surface area contributed by atoms with Crippen LogP contribution in [0.15, 0.2) is 103 Å². The lowest BCUT2D eigenvalue weighted by atomic mass is 10.1. The minimum Gasteiger partial charge on any atom is -0.493 e. The number of nitrogens with zero attached hydrogens (tertiary/aromatic N) is 1. The van der Waals surface area contributed by atoms with Gasteiger partial charge in [-0.3, -0.25) is 10.2 Å². The van der Waals surface area contributed by atoms with Crippen LogP contribution in [0.5, 0.6) is 17.2 Å². The second-order valence-electron chi connectivity index (χ2n) is 14.4. The second kappa shape index (κ2) is 21.9. The Morgan fingerprint density at radius 1 is 0.719 bits per heavy atom. The van der Waals surface area contributed by atoms with Gasteiger partial charge in [-0.15, -0.1) is 0 Å². The molecule has 4 aromatic carbocycles. The fourth-order valence-electron chi connectivity index (χ4n) is 5.49. The second-order valence-corrected chi connectivity index (χ2v) is 14.4. The van der Waals surface area contributed by atoms with Crippen LogP contribution in [-0.4, -0.2) is 60.5 Å². The summed E-state index contributed by atoms with van der Waals surface area (Å²) in [5, 5.41) is 4.23. The Morgan fingerprint density at radius 3 is 1.86 bits per heavy atom. The van der Waals surface area contributed by atoms with Crippen LogP contribution in [0.4, 0.5) is 9.59 Å². The maximum atomic E-state index is 14.2. The molecule has 2 N–H and O–H groups in total. The Kier molecular flexibility index (Phi) is 16.7. The van der Waals surface area contributed by atoms with Crippen LogP contribution in [0.3, 0.4) is 0 Å². The van der Waals surface area contributed by atoms with Gasteiger partial charge in [0.15, 0.2) is 11.5 Å². The number of amides is 2. The fourth-order valence-corrected chi connectivity index (χ4v) is 5.49. The van der Waals surface area contributed by atoms with Gasteiger partial charge in [0.25, 0.3) is 0 Å². The Morgan fingerprint density at radius 2 is 1.30 bits per heavy atom. The molecule has 2 amide bonds. The van der Waals surface area contributed by atoms with Crippen molar-refractivity contribution in [2.45, 2.75) is 91.4 Å². The van der Waals surface area contributed by atoms with E-state index in [2.05, 4.69) is 10.7 Å². The predicted molar refractivity (Wildman–Crippen MR) is 213 cm³/mol. The van der Waals surface area contributed by atoms with E-state index >= 15 is 0 Å². The lowest BCUT2D eigenvalue weighted by molar-refractivity contribution is -0.145. The molecule has 0 saturated carbocycles. The summed E-state index contributed by atoms with van der Waals surface area (Å²) in [6, 6.07) is 29.9. The van der Waals surface area contributed by atoms with Crippen molar-refractivity contribution in [3.8, 4) is 17.2 Å². The largest absolute Gasteiger partial charge is 0.493 e. The Hall–Kier alpha value is -6.08. The lowest BCUT2D eigenvalue weighted by Gasteiger charge is -2.28. The van der Waals surface area contributed by atoms with Crippen molar-refractivity contribution in [2.24, 2.45) is 0 Å². The molecule has 0 unspecified atom stereocenters. The normalized spacial score (nSPS) is 11.6. The summed E-state index contributed by atoms with van der Waals surface area (Å²) in [6.07, 6.45) is -1.43. The zero-order chi connectivity index (χ0) is 41.2. The molecule has 0 aromatic heterocycles. The van der Waals surface area contributed by atoms with Gasteiger partial charge in [0.1, 0.15) is 24.9 Å². The number of hydrogen-bond donors (Lipinski definition) is 2. The van der Waals surface area contributed by atoms with Gasteiger partial charge in [-0.2, -0.15) is 0 Å². The monoisotopic (exact) mass is 783 g/mol. The molecule has 4 rings (SSSR count). The Bertz CT molecular complexity index is 1880. The molecule has 0 fully saturated rings. The van der Waals surface area contributed by atoms with E-state index in [9.17, 15) is 19.2 Å². The number of rotatable bonds is 19. The van der Waals surface area contributed by atoms with E-state index in [-0.39, 0.29) is 62.5 Å². The number of hydrogen-bond acceptors (Lipinski definition) is 11. The predicted octanol–water partition coefficient (Wildman–Crippen LogP) is 7.69. The van der Waals surface area contributed by atoms with Crippen molar-refractivity contribution in [1.82, 2.24) is 15.8 Å². The van der Waals surface area contributed by atoms with E-state index in [1.807, 2.05) is 105 Å². The van der Waals surface area contributed by atoms with Gasteiger partial charge in [-0.1, -0.05) is 91.0 Å². The molecule has 0 aliphatic heterocycles. The van der Waals surface area contributed by atoms with Gasteiger partial charge in [-0.05, 0) is 69.9 Å². The molecular formula is C44H53N3O10. The van der Waals surface area contributed by atoms with E-state index in [4.69, 9.17) is 28.4 Å². The van der Waals surface area contributed by atoms with E-state index in [1.165, 1.54) is 7.11 Å². The highest BCUT2D eigenvalue weighted by molar-refractivity contribution is 5.84. The highest BCUT2D eigenvalue weighted by Crippen LogP contribution is 2.42. The van der Waals surface area contributed by atoms with Crippen LogP contribution in [0.2, 0.25) is 0 Å². The molecule has 0 heterocycles. The number of hydrazine groups is 1. The summed E-state index contributed by atoms with van der Waals surface area (Å²) < 4.78 is 34.4. The van der Waals surface area contributed by atoms with Crippen LogP contribution in [-0.2, 0) is 50.0 Å². The maximum absolute atomic E-state index is 14.2. The number of carbonyl (C=O) groups is 4. The number of esters is 2. The summed E-state index contributed by atoms with van der Waals surface area (Å²) in [4.78, 5) is 53.0. The van der Waals surface area contributed by atoms with Gasteiger partial charge in [0.05, 0.1) is 13.2 Å². The van der Waals surface area contributed by atoms with E-state index in [0.29, 0.717) is 12.0 Å². The van der Waals surface area contributed by atoms with Crippen molar-refractivity contribution < 1.29 is 47.6 Å². The fraction of sp³-hybridized carbons (Fsp3) is 0.364. The molecule has 4 aromatic rings. The van der Waals surface area contributed by atoms with Gasteiger partial charge >= 0.3 is 24.1 Å². The van der Waals surface area contributed by atoms with E-state index < -0.39 is 35.8 Å². The number of benzene rings is 4. The van der Waals surface area contributed by atoms with Crippen molar-refractivity contribution in [2.75, 3.05) is 13.7 Å². The summed E-state index contributed by atoms with van der Waals surface area (Å²) in [5.41, 5.74) is 4.81. The SMILES string of the molecule is COc1ccc(CN(CCCC(=O)OCc2ccccc2)NC(=O)OC(C)(C)C)c(OC(=O)[C@H](Cc2ccccc2)NC(=O)OCc2ccccc2)c1OC(C)C. The molecule has 13 heteroatoms. The first-order valence-electron chi connectivity index (χ1n) is 18.8. The number of alkyl carbamates (subject to hydrolysis) is 1. The molecule has 0 saturated heterocycles. The molecule has 0 aliphatic rings. The third kappa shape index (κ3) is 15.5. The number of ether oxygens (including phenoxy) is 6. The minimum absolute atomic E-state index is 0.00256. The maximum Gasteiger partial charge on any atom is 0.422 e. The zero-order valence-electron chi connectivity index (χ0n) is 33.4. The first-order valence-corrected chi connectivity index (χ1v) is 18.8. The summed E-state index contributed by atoms with van der Waals surface area (Å²) >= 11 is 0. The summed E-state index contributed by atoms with van der Waals surface area (Å²) in [5.74, 6) is -0.750. The molecular weight excluding hydrogens is 730 g/mol. The minimum atomic E-state index is -1.18. The summed E-state index contributed by atoms with van der Waals surface area (Å²) in [6.45, 7) is 9.16. The highest BCUT2D eigenvalue weighted by atomic mass is 16.6. The van der Waals surface area contributed by atoms with Gasteiger partial charge in [0.2, 0.25) is 5.75 Å². The molecule has 57 heavy (non-hydrogen) atoms. The third-order valence-corrected chi connectivity index (χ3v) is 8.07. The van der Waals surface area contributed by atoms with Crippen LogP contribution >= 0.6 is 0 Å². The molecule has 1 atom stereocenters. The first-order chi connectivity index (χ1) is 27.3. The van der Waals surface area contributed by atoms with Crippen LogP contribution in [0.25, 0.3) is 0 Å². The van der Waals surface area contributed by atoms with Crippen LogP contribution in [0.1, 0.15) is 69.7 Å². The molecule has 0 aliphatic carbocycles. The molecule has 0 radical (unpaired) electrons. The Balaban J connectivity index is 1.60. The van der Waals surface area contributed by atoms with E-state index in [0.717, 1.165) is 16.7 Å². The quantitative estimate of drug-likeness (QED) is 0.0417. The first kappa shape index (κ1) is 43.6. The smallest absolute Gasteiger partial charge is 0.422 e. The van der Waals surface area contributed by atoms with Crippen LogP contribution < -0.4 is 25.0 Å². The van der Waals surface area contributed by atoms with Crippen molar-refractivity contribution in [1.29, 1.82) is 0 Å². The van der Waals surface area contributed by atoms with Crippen molar-refractivity contribution in [3.63, 3.8) is 0 Å². The zero-order valence-corrected chi connectivity index (χ0v) is 33.4. The molecule has 0 bridgehead atoms. The molecule has 0 spiro atoms. The number of nitrogens with one attached hydrogen (secondary N) is 2. The number of methoxy groups -OCH3 is 1. The number of carbonyl (C=O) groups excluding carboxylic acids is 4. The third-order valence-electron chi connectivity index (χ3n) is 8.07. The topological polar surface area (TPSA) is 151 Å². The van der Waals surface area contributed by atoms with Crippen molar-refractivity contribution >= 4 is 24.1 Å². The highest BCUT2D eigenvalue weighted by Gasteiger charge is 2.29. The van der Waals surface area contributed by atoms with E-state index in [1.54, 1.807) is 37.9 Å². The van der Waals surface area contributed by atoms with Gasteiger partial charge in [-0.25, -0.2) is 19.4 Å². The average Bonchev–Trinajstić information content (AvgIpc) is 3.17. The van der Waals surface area contributed by atoms with Gasteiger partial charge in [0, 0.05) is 31.5 Å². The average molecular weight is 784 g/mol. The molecule has 304 valence electrons. The lowest BCUT2D eigenvalue weighted by Crippen LogP contribution is -2.45. The standard InChI is InChI=1S/C44H53N3O10/c1-31(2)55-40-37(52-6)25-24-35(28-47(46-43(51)57-44(3,4)5)26-16-23-38(48)53-29-33-19-12-8-13-20-33)39(40)56-41(49)36(27-32-17-10-7-11-18-32)45-42(50)54-30-34-21-14-9-15-22-34/h7-15,17-22,24-25,31,36H,16,23,26-30H2,1-6H3,(H,45,50)(H,46,51)/t36-/m0/s1. The van der Waals surface area contributed by atoms with Crippen molar-refractivity contribution in [3.05, 3.63) is 125 Å². The summed E-state index contributed by atoms with van der Waals surface area (Å²) in [7, 11) is 1.46.